The van der Waals surface area contributed by atoms with Crippen molar-refractivity contribution in [2.45, 2.75) is 17.6 Å². The van der Waals surface area contributed by atoms with E-state index < -0.39 is 21.7 Å². The molecule has 3 rings (SSSR count). The molecule has 0 aromatic heterocycles. The van der Waals surface area contributed by atoms with Gasteiger partial charge in [0.05, 0.1) is 10.8 Å². The number of guanidine groups is 1. The van der Waals surface area contributed by atoms with Gasteiger partial charge in [0.1, 0.15) is 10.6 Å². The zero-order chi connectivity index (χ0) is 19.2. The Morgan fingerprint density at radius 2 is 1.88 bits per heavy atom. The number of aryl methyl sites for hydroxylation is 1. The number of rotatable bonds is 1. The van der Waals surface area contributed by atoms with E-state index in [1.807, 2.05) is 0 Å². The van der Waals surface area contributed by atoms with Crippen molar-refractivity contribution in [3.8, 4) is 11.5 Å². The third-order valence-corrected chi connectivity index (χ3v) is 5.69. The molecule has 2 aromatic carbocycles. The highest BCUT2D eigenvalue weighted by atomic mass is 35.5. The molecule has 0 saturated carbocycles. The van der Waals surface area contributed by atoms with Crippen molar-refractivity contribution in [3.63, 3.8) is 0 Å². The fourth-order valence-electron chi connectivity index (χ4n) is 2.72. The SMILES string of the molecule is Cc1cc(N)cc2c1Oc1c(Cl)cc(C(=O)N=C(N)N)cc1S(=O)(=O)C2. The van der Waals surface area contributed by atoms with E-state index in [9.17, 15) is 13.2 Å². The summed E-state index contributed by atoms with van der Waals surface area (Å²) in [7, 11) is -3.86. The van der Waals surface area contributed by atoms with Gasteiger partial charge in [0.25, 0.3) is 5.91 Å². The van der Waals surface area contributed by atoms with Gasteiger partial charge in [-0.05, 0) is 36.8 Å². The zero-order valence-corrected chi connectivity index (χ0v) is 15.2. The summed E-state index contributed by atoms with van der Waals surface area (Å²) in [4.78, 5) is 15.2. The molecule has 0 spiro atoms. The van der Waals surface area contributed by atoms with E-state index in [-0.39, 0.29) is 27.0 Å². The quantitative estimate of drug-likeness (QED) is 0.378. The second-order valence-corrected chi connectivity index (χ2v) is 8.18. The van der Waals surface area contributed by atoms with E-state index in [1.165, 1.54) is 12.1 Å². The average Bonchev–Trinajstić information content (AvgIpc) is 2.60. The number of hydrogen-bond acceptors (Lipinski definition) is 5. The topological polar surface area (TPSA) is 151 Å². The van der Waals surface area contributed by atoms with Gasteiger partial charge in [-0.3, -0.25) is 4.79 Å². The smallest absolute Gasteiger partial charge is 0.280 e. The minimum Gasteiger partial charge on any atom is -0.454 e. The van der Waals surface area contributed by atoms with E-state index in [1.54, 1.807) is 13.0 Å². The molecule has 1 heterocycles. The Balaban J connectivity index is 2.24. The van der Waals surface area contributed by atoms with Crippen LogP contribution < -0.4 is 21.9 Å². The minimum absolute atomic E-state index is 0.0516. The van der Waals surface area contributed by atoms with Gasteiger partial charge < -0.3 is 21.9 Å². The van der Waals surface area contributed by atoms with Crippen LogP contribution in [0.1, 0.15) is 21.5 Å². The highest BCUT2D eigenvalue weighted by Gasteiger charge is 2.31. The molecule has 136 valence electrons. The Morgan fingerprint density at radius 1 is 1.19 bits per heavy atom. The summed E-state index contributed by atoms with van der Waals surface area (Å²) in [5.74, 6) is -1.30. The van der Waals surface area contributed by atoms with E-state index in [0.29, 0.717) is 22.6 Å². The lowest BCUT2D eigenvalue weighted by Crippen LogP contribution is -2.24. The van der Waals surface area contributed by atoms with Crippen LogP contribution in [0.3, 0.4) is 0 Å². The monoisotopic (exact) mass is 394 g/mol. The Labute approximate surface area is 154 Å². The fourth-order valence-corrected chi connectivity index (χ4v) is 4.55. The molecule has 1 amide bonds. The van der Waals surface area contributed by atoms with Crippen LogP contribution in [0.4, 0.5) is 5.69 Å². The molecule has 6 N–H and O–H groups in total. The zero-order valence-electron chi connectivity index (χ0n) is 13.6. The van der Waals surface area contributed by atoms with Crippen molar-refractivity contribution < 1.29 is 17.9 Å². The first-order chi connectivity index (χ1) is 12.1. The summed E-state index contributed by atoms with van der Waals surface area (Å²) in [6.07, 6.45) is 0. The number of amides is 1. The first-order valence-corrected chi connectivity index (χ1v) is 9.38. The van der Waals surface area contributed by atoms with Crippen molar-refractivity contribution in [3.05, 3.63) is 46.0 Å². The molecule has 26 heavy (non-hydrogen) atoms. The highest BCUT2D eigenvalue weighted by Crippen LogP contribution is 2.44. The Kier molecular flexibility index (Phi) is 4.29. The predicted octanol–water partition coefficient (Wildman–Crippen LogP) is 1.72. The lowest BCUT2D eigenvalue weighted by atomic mass is 10.1. The summed E-state index contributed by atoms with van der Waals surface area (Å²) in [6.45, 7) is 1.75. The van der Waals surface area contributed by atoms with Crippen LogP contribution in [-0.4, -0.2) is 20.3 Å². The first kappa shape index (κ1) is 18.0. The van der Waals surface area contributed by atoms with Gasteiger partial charge in [0, 0.05) is 16.8 Å². The number of anilines is 1. The summed E-state index contributed by atoms with van der Waals surface area (Å²) in [5.41, 5.74) is 17.6. The van der Waals surface area contributed by atoms with Crippen LogP contribution in [-0.2, 0) is 15.6 Å². The van der Waals surface area contributed by atoms with Crippen LogP contribution in [0.2, 0.25) is 5.02 Å². The number of carbonyl (C=O) groups is 1. The first-order valence-electron chi connectivity index (χ1n) is 7.35. The van der Waals surface area contributed by atoms with Crippen LogP contribution in [0.15, 0.2) is 34.2 Å². The minimum atomic E-state index is -3.86. The maximum atomic E-state index is 12.9. The number of nitrogens with two attached hydrogens (primary N) is 3. The summed E-state index contributed by atoms with van der Waals surface area (Å²) < 4.78 is 31.5. The maximum absolute atomic E-state index is 12.9. The number of fused-ring (bicyclic) bond motifs is 2. The van der Waals surface area contributed by atoms with Crippen LogP contribution in [0.5, 0.6) is 11.5 Å². The number of benzene rings is 2. The van der Waals surface area contributed by atoms with Gasteiger partial charge in [0.15, 0.2) is 21.5 Å². The molecular weight excluding hydrogens is 380 g/mol. The van der Waals surface area contributed by atoms with E-state index in [2.05, 4.69) is 4.99 Å². The van der Waals surface area contributed by atoms with Crippen molar-refractivity contribution in [2.75, 3.05) is 5.73 Å². The second-order valence-electron chi connectivity index (χ2n) is 5.81. The molecule has 2 aromatic rings. The van der Waals surface area contributed by atoms with Gasteiger partial charge in [-0.15, -0.1) is 0 Å². The number of ether oxygens (including phenoxy) is 1. The number of aliphatic imine (C=N–C) groups is 1. The molecule has 1 aliphatic heterocycles. The molecule has 0 aliphatic carbocycles. The van der Waals surface area contributed by atoms with E-state index in [0.717, 1.165) is 6.07 Å². The van der Waals surface area contributed by atoms with Crippen molar-refractivity contribution in [2.24, 2.45) is 16.5 Å². The number of hydrogen-bond donors (Lipinski definition) is 3. The number of sulfone groups is 1. The molecular formula is C16H15ClN4O4S. The third kappa shape index (κ3) is 3.18. The maximum Gasteiger partial charge on any atom is 0.280 e. The van der Waals surface area contributed by atoms with E-state index in [4.69, 9.17) is 33.5 Å². The third-order valence-electron chi connectivity index (χ3n) is 3.75. The Hall–Kier alpha value is -2.78. The lowest BCUT2D eigenvalue weighted by Gasteiger charge is -2.13. The van der Waals surface area contributed by atoms with Crippen molar-refractivity contribution in [1.82, 2.24) is 0 Å². The number of halogens is 1. The molecule has 0 bridgehead atoms. The van der Waals surface area contributed by atoms with E-state index >= 15 is 0 Å². The van der Waals surface area contributed by atoms with Gasteiger partial charge in [-0.1, -0.05) is 11.6 Å². The molecule has 0 saturated heterocycles. The molecule has 0 radical (unpaired) electrons. The largest absolute Gasteiger partial charge is 0.454 e. The Morgan fingerprint density at radius 3 is 2.54 bits per heavy atom. The molecule has 10 heteroatoms. The van der Waals surface area contributed by atoms with Gasteiger partial charge >= 0.3 is 0 Å². The Bertz CT molecular complexity index is 1080. The number of nitrogens with zero attached hydrogens (tertiary/aromatic N) is 1. The molecule has 0 fully saturated rings. The number of carbonyl (C=O) groups excluding carboxylic acids is 1. The van der Waals surface area contributed by atoms with Gasteiger partial charge in [-0.2, -0.15) is 4.99 Å². The molecule has 0 unspecified atom stereocenters. The van der Waals surface area contributed by atoms with Crippen LogP contribution in [0, 0.1) is 6.92 Å². The number of nitrogen functional groups attached to an aromatic ring is 1. The molecule has 0 atom stereocenters. The summed E-state index contributed by atoms with van der Waals surface area (Å²) in [5, 5.41) is -0.0516. The standard InChI is InChI=1S/C16H15ClN4O4S/c1-7-2-10(18)3-9-6-26(23,24)12-5-8(15(22)21-16(19)20)4-11(17)14(12)25-13(7)9/h2-5H,6,18H2,1H3,(H4,19,20,21,22). The second kappa shape index (κ2) is 6.19. The van der Waals surface area contributed by atoms with Crippen LogP contribution in [0.25, 0.3) is 0 Å². The average molecular weight is 395 g/mol. The van der Waals surface area contributed by atoms with Crippen molar-refractivity contribution >= 4 is 39.0 Å². The molecule has 8 nitrogen and oxygen atoms in total. The lowest BCUT2D eigenvalue weighted by molar-refractivity contribution is 0.100. The summed E-state index contributed by atoms with van der Waals surface area (Å²) >= 11 is 6.20. The normalized spacial score (nSPS) is 14.4. The predicted molar refractivity (Wildman–Crippen MR) is 98.1 cm³/mol. The van der Waals surface area contributed by atoms with Crippen LogP contribution >= 0.6 is 11.6 Å². The van der Waals surface area contributed by atoms with Gasteiger partial charge in [-0.25, -0.2) is 8.42 Å². The molecule has 1 aliphatic rings. The highest BCUT2D eigenvalue weighted by molar-refractivity contribution is 7.90. The fraction of sp³-hybridized carbons (Fsp3) is 0.125. The summed E-state index contributed by atoms with van der Waals surface area (Å²) in [6, 6.07) is 5.60. The van der Waals surface area contributed by atoms with Gasteiger partial charge in [0.2, 0.25) is 0 Å². The van der Waals surface area contributed by atoms with Crippen molar-refractivity contribution in [1.29, 1.82) is 0 Å².